The van der Waals surface area contributed by atoms with Gasteiger partial charge in [-0.05, 0) is 45.0 Å². The molecule has 0 radical (unpaired) electrons. The summed E-state index contributed by atoms with van der Waals surface area (Å²) in [6, 6.07) is 5.17. The highest BCUT2D eigenvalue weighted by Gasteiger charge is 2.57. The van der Waals surface area contributed by atoms with Crippen molar-refractivity contribution in [2.75, 3.05) is 6.61 Å². The summed E-state index contributed by atoms with van der Waals surface area (Å²) in [7, 11) is 0. The molecule has 0 N–H and O–H groups in total. The van der Waals surface area contributed by atoms with Gasteiger partial charge in [-0.25, -0.2) is 4.39 Å². The highest BCUT2D eigenvalue weighted by Crippen LogP contribution is 2.43. The molecule has 1 fully saturated rings. The molecule has 0 aromatic heterocycles. The molecule has 0 amide bonds. The zero-order chi connectivity index (χ0) is 18.1. The molecule has 6 heteroatoms. The normalized spacial score (nSPS) is 23.5. The van der Waals surface area contributed by atoms with E-state index in [0.717, 1.165) is 0 Å². The topological polar surface area (TPSA) is 69.7 Å². The van der Waals surface area contributed by atoms with Gasteiger partial charge in [-0.1, -0.05) is 6.92 Å². The van der Waals surface area contributed by atoms with E-state index >= 15 is 0 Å². The molecular weight excluding hydrogens is 315 g/mol. The first-order chi connectivity index (χ1) is 11.2. The van der Waals surface area contributed by atoms with E-state index in [1.54, 1.807) is 27.7 Å². The summed E-state index contributed by atoms with van der Waals surface area (Å²) < 4.78 is 23.3. The van der Waals surface area contributed by atoms with Crippen LogP contribution < -0.4 is 0 Å². The minimum absolute atomic E-state index is 0.135. The van der Waals surface area contributed by atoms with E-state index in [-0.39, 0.29) is 12.4 Å². The standard InChI is InChI=1S/C18H21FO5/c1-5-23-16(21)13-14(18(3,4)24-17(13)22)10(2)15(20)11-6-8-12(19)9-7-11/h6-10,13-14H,5H2,1-4H3. The Hall–Kier alpha value is -2.24. The molecule has 130 valence electrons. The smallest absolute Gasteiger partial charge is 0.321 e. The second-order valence-corrected chi connectivity index (χ2v) is 6.44. The minimum atomic E-state index is -1.14. The van der Waals surface area contributed by atoms with E-state index in [9.17, 15) is 18.8 Å². The van der Waals surface area contributed by atoms with Crippen molar-refractivity contribution in [2.45, 2.75) is 33.3 Å². The number of Topliss-reactive ketones (excluding diaryl/α,β-unsaturated/α-hetero) is 1. The van der Waals surface area contributed by atoms with Crippen molar-refractivity contribution < 1.29 is 28.2 Å². The van der Waals surface area contributed by atoms with Crippen LogP contribution in [-0.4, -0.2) is 29.9 Å². The monoisotopic (exact) mass is 336 g/mol. The molecule has 1 aliphatic heterocycles. The van der Waals surface area contributed by atoms with Crippen molar-refractivity contribution in [3.8, 4) is 0 Å². The van der Waals surface area contributed by atoms with Crippen LogP contribution >= 0.6 is 0 Å². The SMILES string of the molecule is CCOC(=O)C1C(=O)OC(C)(C)C1C(C)C(=O)c1ccc(F)cc1. The number of hydrogen-bond donors (Lipinski definition) is 0. The molecule has 5 nitrogen and oxygen atoms in total. The van der Waals surface area contributed by atoms with E-state index < -0.39 is 41.1 Å². The molecule has 3 atom stereocenters. The summed E-state index contributed by atoms with van der Waals surface area (Å²) in [5.41, 5.74) is -0.662. The lowest BCUT2D eigenvalue weighted by Gasteiger charge is -2.30. The molecule has 0 spiro atoms. The fourth-order valence-electron chi connectivity index (χ4n) is 3.34. The molecule has 0 bridgehead atoms. The van der Waals surface area contributed by atoms with Gasteiger partial charge in [0.05, 0.1) is 6.61 Å². The third-order valence-electron chi connectivity index (χ3n) is 4.40. The first kappa shape index (κ1) is 18.1. The van der Waals surface area contributed by atoms with Crippen LogP contribution in [-0.2, 0) is 19.1 Å². The van der Waals surface area contributed by atoms with Crippen molar-refractivity contribution >= 4 is 17.7 Å². The van der Waals surface area contributed by atoms with E-state index in [0.29, 0.717) is 5.56 Å². The summed E-state index contributed by atoms with van der Waals surface area (Å²) in [6.45, 7) is 6.76. The zero-order valence-corrected chi connectivity index (χ0v) is 14.2. The van der Waals surface area contributed by atoms with Crippen LogP contribution in [0.15, 0.2) is 24.3 Å². The largest absolute Gasteiger partial charge is 0.465 e. The highest BCUT2D eigenvalue weighted by atomic mass is 19.1. The fourth-order valence-corrected chi connectivity index (χ4v) is 3.34. The van der Waals surface area contributed by atoms with Crippen LogP contribution in [0.5, 0.6) is 0 Å². The molecule has 0 saturated carbocycles. The van der Waals surface area contributed by atoms with Crippen LogP contribution in [0.2, 0.25) is 0 Å². The number of benzene rings is 1. The number of cyclic esters (lactones) is 1. The second-order valence-electron chi connectivity index (χ2n) is 6.44. The van der Waals surface area contributed by atoms with Crippen LogP contribution in [0.1, 0.15) is 38.1 Å². The maximum Gasteiger partial charge on any atom is 0.321 e. The number of carbonyl (C=O) groups excluding carboxylic acids is 3. The van der Waals surface area contributed by atoms with Crippen LogP contribution in [0.3, 0.4) is 0 Å². The average molecular weight is 336 g/mol. The van der Waals surface area contributed by atoms with Gasteiger partial charge in [0.1, 0.15) is 11.4 Å². The maximum absolute atomic E-state index is 13.0. The van der Waals surface area contributed by atoms with Crippen molar-refractivity contribution in [1.29, 1.82) is 0 Å². The third kappa shape index (κ3) is 3.32. The second kappa shape index (κ2) is 6.71. The van der Waals surface area contributed by atoms with E-state index in [4.69, 9.17) is 9.47 Å². The minimum Gasteiger partial charge on any atom is -0.465 e. The lowest BCUT2D eigenvalue weighted by atomic mass is 9.72. The van der Waals surface area contributed by atoms with E-state index in [2.05, 4.69) is 0 Å². The molecule has 1 aliphatic rings. The predicted octanol–water partition coefficient (Wildman–Crippen LogP) is 2.78. The van der Waals surface area contributed by atoms with Gasteiger partial charge in [0.15, 0.2) is 11.7 Å². The predicted molar refractivity (Wildman–Crippen MR) is 83.7 cm³/mol. The van der Waals surface area contributed by atoms with Gasteiger partial charge >= 0.3 is 11.9 Å². The number of rotatable bonds is 5. The lowest BCUT2D eigenvalue weighted by molar-refractivity contribution is -0.157. The Morgan fingerprint density at radius 1 is 1.29 bits per heavy atom. The average Bonchev–Trinajstić information content (AvgIpc) is 2.75. The Balaban J connectivity index is 2.33. The van der Waals surface area contributed by atoms with E-state index in [1.165, 1.54) is 24.3 Å². The van der Waals surface area contributed by atoms with Crippen molar-refractivity contribution in [3.05, 3.63) is 35.6 Å². The van der Waals surface area contributed by atoms with Gasteiger partial charge in [0.2, 0.25) is 0 Å². The van der Waals surface area contributed by atoms with Gasteiger partial charge in [-0.2, -0.15) is 0 Å². The summed E-state index contributed by atoms with van der Waals surface area (Å²) in [4.78, 5) is 37.0. The summed E-state index contributed by atoms with van der Waals surface area (Å²) in [5.74, 6) is -4.56. The van der Waals surface area contributed by atoms with Gasteiger partial charge in [0.25, 0.3) is 0 Å². The van der Waals surface area contributed by atoms with Crippen molar-refractivity contribution in [2.24, 2.45) is 17.8 Å². The molecular formula is C18H21FO5. The number of ketones is 1. The summed E-state index contributed by atoms with van der Waals surface area (Å²) >= 11 is 0. The third-order valence-corrected chi connectivity index (χ3v) is 4.40. The number of esters is 2. The molecule has 24 heavy (non-hydrogen) atoms. The summed E-state index contributed by atoms with van der Waals surface area (Å²) in [5, 5.41) is 0. The fraction of sp³-hybridized carbons (Fsp3) is 0.500. The van der Waals surface area contributed by atoms with Gasteiger partial charge < -0.3 is 9.47 Å². The van der Waals surface area contributed by atoms with Gasteiger partial charge in [-0.15, -0.1) is 0 Å². The first-order valence-electron chi connectivity index (χ1n) is 7.88. The number of ether oxygens (including phenoxy) is 2. The maximum atomic E-state index is 13.0. The molecule has 0 aliphatic carbocycles. The molecule has 1 aromatic carbocycles. The lowest BCUT2D eigenvalue weighted by Crippen LogP contribution is -2.41. The van der Waals surface area contributed by atoms with Crippen molar-refractivity contribution in [1.82, 2.24) is 0 Å². The van der Waals surface area contributed by atoms with Crippen LogP contribution in [0, 0.1) is 23.6 Å². The molecule has 1 saturated heterocycles. The molecule has 1 aromatic rings. The van der Waals surface area contributed by atoms with Crippen LogP contribution in [0.4, 0.5) is 4.39 Å². The Kier molecular flexibility index (Phi) is 5.06. The quantitative estimate of drug-likeness (QED) is 0.470. The first-order valence-corrected chi connectivity index (χ1v) is 7.88. The van der Waals surface area contributed by atoms with Gasteiger partial charge in [0, 0.05) is 17.4 Å². The molecule has 3 unspecified atom stereocenters. The number of carbonyl (C=O) groups is 3. The van der Waals surface area contributed by atoms with Crippen LogP contribution in [0.25, 0.3) is 0 Å². The Labute approximate surface area is 140 Å². The van der Waals surface area contributed by atoms with Gasteiger partial charge in [-0.3, -0.25) is 14.4 Å². The van der Waals surface area contributed by atoms with Crippen molar-refractivity contribution in [3.63, 3.8) is 0 Å². The Morgan fingerprint density at radius 3 is 2.42 bits per heavy atom. The molecule has 2 rings (SSSR count). The molecule has 1 heterocycles. The zero-order valence-electron chi connectivity index (χ0n) is 14.2. The summed E-state index contributed by atoms with van der Waals surface area (Å²) in [6.07, 6.45) is 0. The number of halogens is 1. The Morgan fingerprint density at radius 2 is 1.88 bits per heavy atom. The highest BCUT2D eigenvalue weighted by molar-refractivity contribution is 6.01. The number of hydrogen-bond acceptors (Lipinski definition) is 5. The Bertz CT molecular complexity index is 650. The van der Waals surface area contributed by atoms with E-state index in [1.807, 2.05) is 0 Å².